The summed E-state index contributed by atoms with van der Waals surface area (Å²) < 4.78 is 5.02. The molecule has 1 saturated heterocycles. The minimum atomic E-state index is -0.206. The van der Waals surface area contributed by atoms with Crippen molar-refractivity contribution in [2.75, 3.05) is 26.2 Å². The number of hydrogen-bond acceptors (Lipinski definition) is 5. The molecule has 1 N–H and O–H groups in total. The molecule has 1 aliphatic heterocycles. The maximum absolute atomic E-state index is 12.3. The Morgan fingerprint density at radius 1 is 1.30 bits per heavy atom. The Morgan fingerprint density at radius 2 is 2.04 bits per heavy atom. The van der Waals surface area contributed by atoms with Crippen LogP contribution in [0.2, 0.25) is 5.15 Å². The minimum Gasteiger partial charge on any atom is -0.391 e. The first kappa shape index (κ1) is 16.7. The van der Waals surface area contributed by atoms with Crippen LogP contribution in [0.15, 0.2) is 10.6 Å². The third-order valence-corrected chi connectivity index (χ3v) is 5.12. The molecule has 0 aromatic carbocycles. The van der Waals surface area contributed by atoms with Crippen LogP contribution in [0.4, 0.5) is 0 Å². The molecule has 1 amide bonds. The molecular formula is C16H24ClN3O3. The standard InChI is InChI=1S/C16H24ClN3O3/c17-15-11-12(23-18-15)5-6-16(22)20-9-7-19(8-10-20)13-3-1-2-4-14(13)21/h11,13-14,21H,1-10H2/t13-,14-/m0/s1. The highest BCUT2D eigenvalue weighted by molar-refractivity contribution is 6.29. The molecule has 1 aliphatic carbocycles. The van der Waals surface area contributed by atoms with Crippen LogP contribution in [0.1, 0.15) is 37.9 Å². The summed E-state index contributed by atoms with van der Waals surface area (Å²) in [6, 6.07) is 1.93. The van der Waals surface area contributed by atoms with Gasteiger partial charge in [0.2, 0.25) is 5.91 Å². The fourth-order valence-electron chi connectivity index (χ4n) is 3.61. The summed E-state index contributed by atoms with van der Waals surface area (Å²) in [6.07, 6.45) is 5.03. The summed E-state index contributed by atoms with van der Waals surface area (Å²) in [5, 5.41) is 14.1. The summed E-state index contributed by atoms with van der Waals surface area (Å²) >= 11 is 5.70. The van der Waals surface area contributed by atoms with Crippen LogP contribution in [0.5, 0.6) is 0 Å². The largest absolute Gasteiger partial charge is 0.391 e. The molecule has 2 aliphatic rings. The number of halogens is 1. The van der Waals surface area contributed by atoms with Crippen molar-refractivity contribution in [2.45, 2.75) is 50.7 Å². The lowest BCUT2D eigenvalue weighted by atomic mass is 9.91. The number of amides is 1. The van der Waals surface area contributed by atoms with E-state index in [9.17, 15) is 9.90 Å². The Kier molecular flexibility index (Phi) is 5.56. The molecule has 2 heterocycles. The Balaban J connectivity index is 1.43. The third kappa shape index (κ3) is 4.25. The van der Waals surface area contributed by atoms with E-state index in [0.717, 1.165) is 45.4 Å². The molecule has 0 unspecified atom stereocenters. The summed E-state index contributed by atoms with van der Waals surface area (Å²) in [5.74, 6) is 0.786. The number of aliphatic hydroxyl groups is 1. The van der Waals surface area contributed by atoms with Crippen LogP contribution in [0.3, 0.4) is 0 Å². The van der Waals surface area contributed by atoms with E-state index in [-0.39, 0.29) is 18.1 Å². The van der Waals surface area contributed by atoms with Crippen LogP contribution in [0, 0.1) is 0 Å². The van der Waals surface area contributed by atoms with Crippen LogP contribution in [-0.4, -0.2) is 64.3 Å². The van der Waals surface area contributed by atoms with Gasteiger partial charge in [0.15, 0.2) is 5.15 Å². The van der Waals surface area contributed by atoms with Crippen molar-refractivity contribution in [3.05, 3.63) is 17.0 Å². The summed E-state index contributed by atoms with van der Waals surface area (Å²) in [4.78, 5) is 16.5. The van der Waals surface area contributed by atoms with Gasteiger partial charge in [-0.1, -0.05) is 29.6 Å². The minimum absolute atomic E-state index is 0.140. The van der Waals surface area contributed by atoms with Crippen molar-refractivity contribution in [1.29, 1.82) is 0 Å². The zero-order valence-electron chi connectivity index (χ0n) is 13.3. The van der Waals surface area contributed by atoms with E-state index in [4.69, 9.17) is 16.1 Å². The SMILES string of the molecule is O=C(CCc1cc(Cl)no1)N1CCN([C@H]2CCCC[C@@H]2O)CC1. The quantitative estimate of drug-likeness (QED) is 0.902. The lowest BCUT2D eigenvalue weighted by Gasteiger charge is -2.42. The Morgan fingerprint density at radius 3 is 2.70 bits per heavy atom. The number of piperazine rings is 1. The molecule has 3 rings (SSSR count). The van der Waals surface area contributed by atoms with Gasteiger partial charge >= 0.3 is 0 Å². The van der Waals surface area contributed by atoms with Crippen LogP contribution < -0.4 is 0 Å². The summed E-state index contributed by atoms with van der Waals surface area (Å²) in [7, 11) is 0. The van der Waals surface area contributed by atoms with Gasteiger partial charge in [-0.2, -0.15) is 0 Å². The van der Waals surface area contributed by atoms with Gasteiger partial charge in [-0.25, -0.2) is 0 Å². The maximum Gasteiger partial charge on any atom is 0.223 e. The van der Waals surface area contributed by atoms with Gasteiger partial charge in [-0.3, -0.25) is 9.69 Å². The van der Waals surface area contributed by atoms with Gasteiger partial charge in [0.05, 0.1) is 6.10 Å². The molecule has 2 atom stereocenters. The fourth-order valence-corrected chi connectivity index (χ4v) is 3.77. The van der Waals surface area contributed by atoms with E-state index in [1.165, 1.54) is 6.42 Å². The number of rotatable bonds is 4. The van der Waals surface area contributed by atoms with E-state index in [1.807, 2.05) is 4.90 Å². The molecule has 7 heteroatoms. The predicted molar refractivity (Wildman–Crippen MR) is 86.2 cm³/mol. The van der Waals surface area contributed by atoms with E-state index in [0.29, 0.717) is 23.8 Å². The van der Waals surface area contributed by atoms with E-state index < -0.39 is 0 Å². The molecule has 0 radical (unpaired) electrons. The Hall–Kier alpha value is -1.11. The number of carbonyl (C=O) groups excluding carboxylic acids is 1. The van der Waals surface area contributed by atoms with Crippen molar-refractivity contribution in [2.24, 2.45) is 0 Å². The fraction of sp³-hybridized carbons (Fsp3) is 0.750. The van der Waals surface area contributed by atoms with Crippen LogP contribution >= 0.6 is 11.6 Å². The van der Waals surface area contributed by atoms with E-state index >= 15 is 0 Å². The number of carbonyl (C=O) groups is 1. The van der Waals surface area contributed by atoms with E-state index in [2.05, 4.69) is 10.1 Å². The molecule has 0 bridgehead atoms. The van der Waals surface area contributed by atoms with Crippen molar-refractivity contribution in [1.82, 2.24) is 15.0 Å². The second kappa shape index (κ2) is 7.64. The number of aromatic nitrogens is 1. The monoisotopic (exact) mass is 341 g/mol. The summed E-state index contributed by atoms with van der Waals surface area (Å²) in [6.45, 7) is 3.17. The highest BCUT2D eigenvalue weighted by atomic mass is 35.5. The summed E-state index contributed by atoms with van der Waals surface area (Å²) in [5.41, 5.74) is 0. The lowest BCUT2D eigenvalue weighted by Crippen LogP contribution is -2.55. The second-order valence-corrected chi connectivity index (χ2v) is 6.84. The highest BCUT2D eigenvalue weighted by Crippen LogP contribution is 2.24. The molecule has 1 aromatic rings. The maximum atomic E-state index is 12.3. The van der Waals surface area contributed by atoms with Crippen molar-refractivity contribution in [3.8, 4) is 0 Å². The smallest absolute Gasteiger partial charge is 0.223 e. The lowest BCUT2D eigenvalue weighted by molar-refractivity contribution is -0.133. The van der Waals surface area contributed by atoms with Gasteiger partial charge in [0.1, 0.15) is 5.76 Å². The first-order valence-electron chi connectivity index (χ1n) is 8.44. The first-order valence-corrected chi connectivity index (χ1v) is 8.82. The van der Waals surface area contributed by atoms with Crippen LogP contribution in [-0.2, 0) is 11.2 Å². The van der Waals surface area contributed by atoms with Gasteiger partial charge < -0.3 is 14.5 Å². The molecular weight excluding hydrogens is 318 g/mol. The van der Waals surface area contributed by atoms with Crippen molar-refractivity contribution in [3.63, 3.8) is 0 Å². The molecule has 1 aromatic heterocycles. The Bertz CT molecular complexity index is 528. The molecule has 1 saturated carbocycles. The molecule has 23 heavy (non-hydrogen) atoms. The molecule has 0 spiro atoms. The number of aryl methyl sites for hydroxylation is 1. The van der Waals surface area contributed by atoms with Gasteiger partial charge in [-0.15, -0.1) is 0 Å². The zero-order chi connectivity index (χ0) is 16.2. The molecule has 6 nitrogen and oxygen atoms in total. The van der Waals surface area contributed by atoms with Crippen molar-refractivity contribution >= 4 is 17.5 Å². The van der Waals surface area contributed by atoms with E-state index in [1.54, 1.807) is 6.07 Å². The zero-order valence-corrected chi connectivity index (χ0v) is 14.0. The highest BCUT2D eigenvalue weighted by Gasteiger charge is 2.31. The van der Waals surface area contributed by atoms with Gasteiger partial charge in [0, 0.05) is 51.1 Å². The first-order chi connectivity index (χ1) is 11.1. The average molecular weight is 342 g/mol. The number of nitrogens with zero attached hydrogens (tertiary/aromatic N) is 3. The van der Waals surface area contributed by atoms with Gasteiger partial charge in [-0.05, 0) is 12.8 Å². The molecule has 128 valence electrons. The van der Waals surface area contributed by atoms with Gasteiger partial charge in [0.25, 0.3) is 0 Å². The average Bonchev–Trinajstić information content (AvgIpc) is 2.99. The number of hydrogen-bond donors (Lipinski definition) is 1. The molecule has 2 fully saturated rings. The second-order valence-electron chi connectivity index (χ2n) is 6.45. The van der Waals surface area contributed by atoms with Crippen molar-refractivity contribution < 1.29 is 14.4 Å². The topological polar surface area (TPSA) is 69.8 Å². The Labute approximate surface area is 141 Å². The van der Waals surface area contributed by atoms with Crippen LogP contribution in [0.25, 0.3) is 0 Å². The normalized spacial score (nSPS) is 26.4. The number of aliphatic hydroxyl groups excluding tert-OH is 1. The third-order valence-electron chi connectivity index (χ3n) is 4.95. The predicted octanol–water partition coefficient (Wildman–Crippen LogP) is 1.71.